The predicted octanol–water partition coefficient (Wildman–Crippen LogP) is 3.12. The van der Waals surface area contributed by atoms with Gasteiger partial charge < -0.3 is 14.2 Å². The van der Waals surface area contributed by atoms with Gasteiger partial charge in [0.15, 0.2) is 0 Å². The second kappa shape index (κ2) is 12.3. The second-order valence-corrected chi connectivity index (χ2v) is 11.3. The van der Waals surface area contributed by atoms with Gasteiger partial charge in [-0.05, 0) is 78.2 Å². The fourth-order valence-corrected chi connectivity index (χ4v) is 6.40. The number of sulfonamides is 1. The van der Waals surface area contributed by atoms with Crippen molar-refractivity contribution in [2.75, 3.05) is 46.0 Å². The number of ether oxygens (including phenoxy) is 3. The maximum Gasteiger partial charge on any atom is 0.266 e. The van der Waals surface area contributed by atoms with Gasteiger partial charge in [-0.2, -0.15) is 4.31 Å². The number of morpholine rings is 1. The summed E-state index contributed by atoms with van der Waals surface area (Å²) in [7, 11) is -4.13. The third-order valence-electron chi connectivity index (χ3n) is 6.92. The van der Waals surface area contributed by atoms with E-state index in [1.807, 2.05) is 6.07 Å². The Labute approximate surface area is 231 Å². The number of hydrogen-bond donors (Lipinski definition) is 2. The van der Waals surface area contributed by atoms with Gasteiger partial charge in [-0.3, -0.25) is 14.9 Å². The number of hydrogen-bond acceptors (Lipinski definition) is 8. The monoisotopic (exact) mass is 571 g/mol. The maximum absolute atomic E-state index is 13.6. The van der Waals surface area contributed by atoms with E-state index in [4.69, 9.17) is 14.2 Å². The summed E-state index contributed by atoms with van der Waals surface area (Å²) >= 11 is 0. The van der Waals surface area contributed by atoms with E-state index in [-0.39, 0.29) is 11.4 Å². The molecule has 0 spiro atoms. The Morgan fingerprint density at radius 1 is 0.975 bits per heavy atom. The fourth-order valence-electron chi connectivity index (χ4n) is 4.83. The van der Waals surface area contributed by atoms with Crippen LogP contribution in [0.4, 0.5) is 4.39 Å². The third kappa shape index (κ3) is 6.26. The Hall–Kier alpha value is -3.55. The molecule has 3 aromatic rings. The number of nitrogens with zero attached hydrogens (tertiary/aromatic N) is 2. The van der Waals surface area contributed by atoms with Gasteiger partial charge in [0.1, 0.15) is 35.7 Å². The number of hydroxylamine groups is 1. The highest BCUT2D eigenvalue weighted by Gasteiger charge is 2.40. The summed E-state index contributed by atoms with van der Waals surface area (Å²) in [5.74, 6) is 0.130. The fraction of sp³-hybridized carbons (Fsp3) is 0.321. The van der Waals surface area contributed by atoms with Gasteiger partial charge >= 0.3 is 0 Å². The Kier molecular flexibility index (Phi) is 8.62. The summed E-state index contributed by atoms with van der Waals surface area (Å²) in [4.78, 5) is 15.0. The van der Waals surface area contributed by atoms with E-state index in [1.165, 1.54) is 48.5 Å². The molecule has 212 valence electrons. The number of benzene rings is 3. The molecule has 1 unspecified atom stereocenters. The van der Waals surface area contributed by atoms with E-state index in [2.05, 4.69) is 4.90 Å². The van der Waals surface area contributed by atoms with Crippen LogP contribution in [0, 0.1) is 5.82 Å². The molecule has 2 heterocycles. The molecule has 40 heavy (non-hydrogen) atoms. The number of rotatable bonds is 9. The summed E-state index contributed by atoms with van der Waals surface area (Å²) in [5.41, 5.74) is 2.86. The zero-order valence-electron chi connectivity index (χ0n) is 21.7. The van der Waals surface area contributed by atoms with Gasteiger partial charge in [0.2, 0.25) is 10.0 Å². The van der Waals surface area contributed by atoms with Crippen molar-refractivity contribution in [3.8, 4) is 17.2 Å². The zero-order chi connectivity index (χ0) is 28.1. The molecule has 2 N–H and O–H groups in total. The largest absolute Gasteiger partial charge is 0.492 e. The van der Waals surface area contributed by atoms with Gasteiger partial charge in [0, 0.05) is 26.2 Å². The zero-order valence-corrected chi connectivity index (χ0v) is 22.5. The van der Waals surface area contributed by atoms with Crippen LogP contribution in [0.5, 0.6) is 17.2 Å². The molecule has 0 aromatic heterocycles. The van der Waals surface area contributed by atoms with Crippen LogP contribution in [-0.2, 0) is 26.0 Å². The molecular formula is C28H30FN3O7S. The third-order valence-corrected chi connectivity index (χ3v) is 8.80. The molecular weight excluding hydrogens is 541 g/mol. The second-order valence-electron chi connectivity index (χ2n) is 9.43. The Balaban J connectivity index is 1.31. The standard InChI is InChI=1S/C28H30FN3O7S/c29-21-1-3-22(4-2-21)39-23-5-8-25(9-6-23)40(35,36)32-12-11-20-19-24(7-10-26(20)27(32)28(33)30-34)38-18-15-31-13-16-37-17-14-31/h1-10,19,27,34H,11-18H2,(H,30,33). The first-order valence-electron chi connectivity index (χ1n) is 12.9. The minimum Gasteiger partial charge on any atom is -0.492 e. The minimum absolute atomic E-state index is 0.0263. The number of fused-ring (bicyclic) bond motifs is 1. The predicted molar refractivity (Wildman–Crippen MR) is 142 cm³/mol. The smallest absolute Gasteiger partial charge is 0.266 e. The van der Waals surface area contributed by atoms with Crippen LogP contribution in [0.25, 0.3) is 0 Å². The van der Waals surface area contributed by atoms with Gasteiger partial charge in [-0.15, -0.1) is 0 Å². The highest BCUT2D eigenvalue weighted by molar-refractivity contribution is 7.89. The van der Waals surface area contributed by atoms with Crippen molar-refractivity contribution in [1.82, 2.24) is 14.7 Å². The number of amides is 1. The molecule has 1 saturated heterocycles. The molecule has 0 radical (unpaired) electrons. The molecule has 1 amide bonds. The highest BCUT2D eigenvalue weighted by atomic mass is 32.2. The summed E-state index contributed by atoms with van der Waals surface area (Å²) in [6.45, 7) is 4.41. The molecule has 0 aliphatic carbocycles. The average molecular weight is 572 g/mol. The Bertz CT molecular complexity index is 1430. The quantitative estimate of drug-likeness (QED) is 0.297. The van der Waals surface area contributed by atoms with E-state index in [0.717, 1.165) is 29.5 Å². The van der Waals surface area contributed by atoms with Crippen LogP contribution < -0.4 is 15.0 Å². The van der Waals surface area contributed by atoms with Crippen LogP contribution in [0.15, 0.2) is 71.6 Å². The van der Waals surface area contributed by atoms with E-state index < -0.39 is 27.8 Å². The lowest BCUT2D eigenvalue weighted by atomic mass is 9.93. The van der Waals surface area contributed by atoms with E-state index in [1.54, 1.807) is 17.6 Å². The van der Waals surface area contributed by atoms with Crippen molar-refractivity contribution in [2.45, 2.75) is 17.4 Å². The van der Waals surface area contributed by atoms with Gasteiger partial charge in [-0.25, -0.2) is 18.3 Å². The first kappa shape index (κ1) is 28.0. The van der Waals surface area contributed by atoms with E-state index >= 15 is 0 Å². The molecule has 0 bridgehead atoms. The molecule has 0 saturated carbocycles. The molecule has 12 heteroatoms. The summed E-state index contributed by atoms with van der Waals surface area (Å²) in [6.07, 6.45) is 0.357. The van der Waals surface area contributed by atoms with E-state index in [0.29, 0.717) is 49.1 Å². The number of carbonyl (C=O) groups excluding carboxylic acids is 1. The molecule has 2 aliphatic heterocycles. The highest BCUT2D eigenvalue weighted by Crippen LogP contribution is 2.36. The van der Waals surface area contributed by atoms with Crippen LogP contribution in [0.1, 0.15) is 17.2 Å². The normalized spacial score (nSPS) is 18.1. The lowest BCUT2D eigenvalue weighted by Gasteiger charge is -2.35. The van der Waals surface area contributed by atoms with Gasteiger partial charge in [0.25, 0.3) is 5.91 Å². The molecule has 1 fully saturated rings. The lowest BCUT2D eigenvalue weighted by molar-refractivity contribution is -0.133. The Morgan fingerprint density at radius 2 is 1.62 bits per heavy atom. The van der Waals surface area contributed by atoms with Crippen LogP contribution in [0.2, 0.25) is 0 Å². The van der Waals surface area contributed by atoms with Crippen LogP contribution in [0.3, 0.4) is 0 Å². The Morgan fingerprint density at radius 3 is 2.30 bits per heavy atom. The molecule has 2 aliphatic rings. The molecule has 1 atom stereocenters. The van der Waals surface area contributed by atoms with Crippen molar-refractivity contribution in [1.29, 1.82) is 0 Å². The average Bonchev–Trinajstić information content (AvgIpc) is 2.98. The topological polar surface area (TPSA) is 118 Å². The minimum atomic E-state index is -4.13. The molecule has 10 nitrogen and oxygen atoms in total. The van der Waals surface area contributed by atoms with Crippen molar-refractivity contribution >= 4 is 15.9 Å². The number of halogens is 1. The van der Waals surface area contributed by atoms with E-state index in [9.17, 15) is 22.8 Å². The first-order chi connectivity index (χ1) is 19.3. The summed E-state index contributed by atoms with van der Waals surface area (Å²) in [5, 5.41) is 9.46. The van der Waals surface area contributed by atoms with Crippen molar-refractivity contribution in [2.24, 2.45) is 0 Å². The summed E-state index contributed by atoms with van der Waals surface area (Å²) in [6, 6.07) is 15.1. The molecule has 3 aromatic carbocycles. The van der Waals surface area contributed by atoms with Crippen molar-refractivity contribution in [3.63, 3.8) is 0 Å². The van der Waals surface area contributed by atoms with Gasteiger partial charge in [-0.1, -0.05) is 6.07 Å². The van der Waals surface area contributed by atoms with Crippen LogP contribution in [-0.4, -0.2) is 74.7 Å². The van der Waals surface area contributed by atoms with Crippen molar-refractivity contribution in [3.05, 3.63) is 83.7 Å². The lowest BCUT2D eigenvalue weighted by Crippen LogP contribution is -2.46. The molecule has 5 rings (SSSR count). The summed E-state index contributed by atoms with van der Waals surface area (Å²) < 4.78 is 58.4. The van der Waals surface area contributed by atoms with Gasteiger partial charge in [0.05, 0.1) is 18.1 Å². The van der Waals surface area contributed by atoms with Crippen LogP contribution >= 0.6 is 0 Å². The number of carbonyl (C=O) groups is 1. The maximum atomic E-state index is 13.6. The number of nitrogens with one attached hydrogen (secondary N) is 1. The SMILES string of the molecule is O=C(NO)C1c2ccc(OCCN3CCOCC3)cc2CCN1S(=O)(=O)c1ccc(Oc2ccc(F)cc2)cc1. The van der Waals surface area contributed by atoms with Crippen molar-refractivity contribution < 1.29 is 37.0 Å². The first-order valence-corrected chi connectivity index (χ1v) is 14.3.